The molecule has 0 aliphatic rings. The Hall–Kier alpha value is -3.90. The SMILES string of the molecule is CCOc1ccc(-c2ccc(Oc3c(-c4ccc(F)cc4)sc4cc(O)ccc34)cc2)nc1. The minimum Gasteiger partial charge on any atom is -0.508 e. The van der Waals surface area contributed by atoms with Gasteiger partial charge >= 0.3 is 0 Å². The lowest BCUT2D eigenvalue weighted by molar-refractivity contribution is 0.339. The Morgan fingerprint density at radius 1 is 0.879 bits per heavy atom. The summed E-state index contributed by atoms with van der Waals surface area (Å²) in [6.45, 7) is 2.54. The Kier molecular flexibility index (Phi) is 5.67. The zero-order valence-electron chi connectivity index (χ0n) is 17.8. The van der Waals surface area contributed by atoms with E-state index in [4.69, 9.17) is 9.47 Å². The quantitative estimate of drug-likeness (QED) is 0.284. The number of benzene rings is 3. The summed E-state index contributed by atoms with van der Waals surface area (Å²) in [5.74, 6) is 1.98. The molecular weight excluding hydrogens is 437 g/mol. The van der Waals surface area contributed by atoms with Crippen LogP contribution in [0.4, 0.5) is 4.39 Å². The van der Waals surface area contributed by atoms with Gasteiger partial charge in [-0.05, 0) is 79.2 Å². The lowest BCUT2D eigenvalue weighted by atomic mass is 10.1. The van der Waals surface area contributed by atoms with E-state index in [2.05, 4.69) is 4.98 Å². The van der Waals surface area contributed by atoms with Gasteiger partial charge in [-0.15, -0.1) is 11.3 Å². The first-order valence-corrected chi connectivity index (χ1v) is 11.3. The summed E-state index contributed by atoms with van der Waals surface area (Å²) in [4.78, 5) is 5.33. The van der Waals surface area contributed by atoms with E-state index in [9.17, 15) is 9.50 Å². The van der Waals surface area contributed by atoms with Crippen molar-refractivity contribution >= 4 is 21.4 Å². The second-order valence-electron chi connectivity index (χ2n) is 7.39. The smallest absolute Gasteiger partial charge is 0.153 e. The van der Waals surface area contributed by atoms with Crippen molar-refractivity contribution < 1.29 is 19.0 Å². The second kappa shape index (κ2) is 8.92. The van der Waals surface area contributed by atoms with Gasteiger partial charge in [-0.25, -0.2) is 4.39 Å². The van der Waals surface area contributed by atoms with Crippen LogP contribution in [0.5, 0.6) is 23.0 Å². The Morgan fingerprint density at radius 3 is 2.30 bits per heavy atom. The van der Waals surface area contributed by atoms with Crippen LogP contribution < -0.4 is 9.47 Å². The number of phenolic OH excluding ortho intramolecular Hbond substituents is 1. The highest BCUT2D eigenvalue weighted by atomic mass is 32.1. The largest absolute Gasteiger partial charge is 0.508 e. The first-order valence-electron chi connectivity index (χ1n) is 10.5. The molecule has 0 radical (unpaired) electrons. The molecule has 2 aromatic heterocycles. The molecule has 164 valence electrons. The summed E-state index contributed by atoms with van der Waals surface area (Å²) in [5, 5.41) is 10.8. The van der Waals surface area contributed by atoms with Crippen molar-refractivity contribution in [3.05, 3.63) is 90.9 Å². The van der Waals surface area contributed by atoms with Crippen molar-refractivity contribution in [2.24, 2.45) is 0 Å². The lowest BCUT2D eigenvalue weighted by Crippen LogP contribution is -1.92. The van der Waals surface area contributed by atoms with Gasteiger partial charge in [-0.1, -0.05) is 12.1 Å². The fourth-order valence-electron chi connectivity index (χ4n) is 3.57. The number of aromatic hydroxyl groups is 1. The van der Waals surface area contributed by atoms with Gasteiger partial charge in [0.2, 0.25) is 0 Å². The third kappa shape index (κ3) is 4.38. The van der Waals surface area contributed by atoms with Crippen molar-refractivity contribution in [3.63, 3.8) is 0 Å². The maximum Gasteiger partial charge on any atom is 0.153 e. The molecule has 0 aliphatic carbocycles. The van der Waals surface area contributed by atoms with Gasteiger partial charge in [0.05, 0.1) is 23.4 Å². The number of thiophene rings is 1. The van der Waals surface area contributed by atoms with Crippen LogP contribution in [0.2, 0.25) is 0 Å². The third-order valence-electron chi connectivity index (χ3n) is 5.15. The molecule has 0 atom stereocenters. The summed E-state index contributed by atoms with van der Waals surface area (Å²) in [6.07, 6.45) is 1.71. The van der Waals surface area contributed by atoms with Crippen molar-refractivity contribution in [1.82, 2.24) is 4.98 Å². The van der Waals surface area contributed by atoms with Gasteiger partial charge in [-0.3, -0.25) is 4.98 Å². The predicted molar refractivity (Wildman–Crippen MR) is 130 cm³/mol. The number of phenols is 1. The number of rotatable bonds is 6. The molecule has 33 heavy (non-hydrogen) atoms. The Balaban J connectivity index is 1.48. The molecule has 0 spiro atoms. The average Bonchev–Trinajstić information content (AvgIpc) is 3.18. The van der Waals surface area contributed by atoms with Crippen LogP contribution in [0.3, 0.4) is 0 Å². The van der Waals surface area contributed by atoms with E-state index < -0.39 is 0 Å². The molecule has 0 bridgehead atoms. The standard InChI is InChI=1S/C27H20FNO3S/c1-2-31-22-12-14-24(29-16-22)17-5-10-21(11-6-17)32-26-23-13-9-20(30)15-25(23)33-27(26)18-3-7-19(28)8-4-18/h3-16,30H,2H2,1H3. The highest BCUT2D eigenvalue weighted by Gasteiger charge is 2.17. The molecule has 0 fully saturated rings. The Labute approximate surface area is 194 Å². The summed E-state index contributed by atoms with van der Waals surface area (Å²) in [5.41, 5.74) is 2.65. The lowest BCUT2D eigenvalue weighted by Gasteiger charge is -2.09. The minimum atomic E-state index is -0.293. The molecule has 6 heteroatoms. The molecule has 0 saturated carbocycles. The van der Waals surface area contributed by atoms with Crippen LogP contribution >= 0.6 is 11.3 Å². The summed E-state index contributed by atoms with van der Waals surface area (Å²) in [7, 11) is 0. The number of ether oxygens (including phenoxy) is 2. The Morgan fingerprint density at radius 2 is 1.61 bits per heavy atom. The fourth-order valence-corrected chi connectivity index (χ4v) is 4.74. The molecule has 0 saturated heterocycles. The van der Waals surface area contributed by atoms with Crippen molar-refractivity contribution in [3.8, 4) is 44.7 Å². The number of aromatic nitrogens is 1. The van der Waals surface area contributed by atoms with Gasteiger partial charge in [0, 0.05) is 15.6 Å². The van der Waals surface area contributed by atoms with Gasteiger partial charge in [-0.2, -0.15) is 0 Å². The van der Waals surface area contributed by atoms with E-state index >= 15 is 0 Å². The maximum absolute atomic E-state index is 13.5. The number of pyridine rings is 1. The summed E-state index contributed by atoms with van der Waals surface area (Å²) >= 11 is 1.49. The zero-order valence-corrected chi connectivity index (χ0v) is 18.6. The van der Waals surface area contributed by atoms with Gasteiger partial charge in [0.1, 0.15) is 23.1 Å². The van der Waals surface area contributed by atoms with E-state index in [1.807, 2.05) is 49.4 Å². The molecular formula is C27H20FNO3S. The minimum absolute atomic E-state index is 0.188. The first-order chi connectivity index (χ1) is 16.1. The van der Waals surface area contributed by atoms with E-state index in [-0.39, 0.29) is 11.6 Å². The van der Waals surface area contributed by atoms with Crippen LogP contribution in [0.15, 0.2) is 85.1 Å². The zero-order chi connectivity index (χ0) is 22.8. The fraction of sp³-hybridized carbons (Fsp3) is 0.0741. The van der Waals surface area contributed by atoms with E-state index in [0.29, 0.717) is 18.1 Å². The molecule has 4 nitrogen and oxygen atoms in total. The van der Waals surface area contributed by atoms with Crippen LogP contribution in [-0.2, 0) is 0 Å². The van der Waals surface area contributed by atoms with Gasteiger partial charge in [0.25, 0.3) is 0 Å². The molecule has 0 unspecified atom stereocenters. The highest BCUT2D eigenvalue weighted by molar-refractivity contribution is 7.22. The van der Waals surface area contributed by atoms with E-state index in [0.717, 1.165) is 37.5 Å². The van der Waals surface area contributed by atoms with Crippen LogP contribution in [0, 0.1) is 5.82 Å². The van der Waals surface area contributed by atoms with Gasteiger partial charge in [0.15, 0.2) is 5.75 Å². The van der Waals surface area contributed by atoms with E-state index in [1.54, 1.807) is 30.5 Å². The topological polar surface area (TPSA) is 51.6 Å². The molecule has 5 aromatic rings. The molecule has 0 amide bonds. The molecule has 5 rings (SSSR count). The molecule has 0 aliphatic heterocycles. The molecule has 1 N–H and O–H groups in total. The third-order valence-corrected chi connectivity index (χ3v) is 6.33. The first kappa shape index (κ1) is 21.0. The van der Waals surface area contributed by atoms with Gasteiger partial charge < -0.3 is 14.6 Å². The second-order valence-corrected chi connectivity index (χ2v) is 8.44. The highest BCUT2D eigenvalue weighted by Crippen LogP contribution is 2.47. The van der Waals surface area contributed by atoms with Crippen molar-refractivity contribution in [1.29, 1.82) is 0 Å². The number of hydrogen-bond donors (Lipinski definition) is 1. The average molecular weight is 458 g/mol. The molecule has 2 heterocycles. The number of fused-ring (bicyclic) bond motifs is 1. The summed E-state index contributed by atoms with van der Waals surface area (Å²) < 4.78 is 26.1. The van der Waals surface area contributed by atoms with Crippen molar-refractivity contribution in [2.75, 3.05) is 6.61 Å². The van der Waals surface area contributed by atoms with Crippen LogP contribution in [0.1, 0.15) is 6.92 Å². The number of halogens is 1. The Bertz CT molecular complexity index is 1400. The van der Waals surface area contributed by atoms with Crippen LogP contribution in [-0.4, -0.2) is 16.7 Å². The normalized spacial score (nSPS) is 11.0. The molecule has 3 aromatic carbocycles. The predicted octanol–water partition coefficient (Wildman–Crippen LogP) is 7.67. The van der Waals surface area contributed by atoms with E-state index in [1.165, 1.54) is 23.5 Å². The maximum atomic E-state index is 13.5. The monoisotopic (exact) mass is 457 g/mol. The van der Waals surface area contributed by atoms with Crippen LogP contribution in [0.25, 0.3) is 31.8 Å². The number of nitrogens with zero attached hydrogens (tertiary/aromatic N) is 1. The summed E-state index contributed by atoms with van der Waals surface area (Å²) in [6, 6.07) is 23.0. The number of hydrogen-bond acceptors (Lipinski definition) is 5. The van der Waals surface area contributed by atoms with Crippen molar-refractivity contribution in [2.45, 2.75) is 6.92 Å².